The number of hydrogen-bond acceptors (Lipinski definition) is 5. The highest BCUT2D eigenvalue weighted by molar-refractivity contribution is 7.81. The van der Waals surface area contributed by atoms with Crippen molar-refractivity contribution >= 4 is 30.4 Å². The predicted molar refractivity (Wildman–Crippen MR) is 85.2 cm³/mol. The minimum atomic E-state index is -1.11. The maximum Gasteiger partial charge on any atom is 0.308 e. The molecule has 2 atom stereocenters. The van der Waals surface area contributed by atoms with E-state index in [1.165, 1.54) is 7.05 Å². The lowest BCUT2D eigenvalue weighted by molar-refractivity contribution is -0.145. The molecule has 21 heavy (non-hydrogen) atoms. The van der Waals surface area contributed by atoms with E-state index < -0.39 is 34.5 Å². The Bertz CT molecular complexity index is 356. The smallest absolute Gasteiger partial charge is 0.308 e. The average Bonchev–Trinajstić information content (AvgIpc) is 2.41. The molecule has 0 aromatic carbocycles. The van der Waals surface area contributed by atoms with Crippen LogP contribution in [0, 0.1) is 5.92 Å². The summed E-state index contributed by atoms with van der Waals surface area (Å²) in [5.74, 6) is -3.04. The molecule has 2 unspecified atom stereocenters. The SMILES string of the molecule is CC.CNC(=O)C(CN)NC(=O)CC(C(=O)O)C(C)(C)S. The molecule has 0 heterocycles. The molecule has 0 rings (SSSR count). The molecular formula is C13H27N3O4S. The third-order valence-electron chi connectivity index (χ3n) is 2.67. The Balaban J connectivity index is 0. The second-order valence-electron chi connectivity index (χ2n) is 4.72. The molecule has 8 heteroatoms. The topological polar surface area (TPSA) is 122 Å². The zero-order valence-corrected chi connectivity index (χ0v) is 14.2. The Hall–Kier alpha value is -1.28. The van der Waals surface area contributed by atoms with Crippen molar-refractivity contribution in [1.29, 1.82) is 0 Å². The van der Waals surface area contributed by atoms with Crippen molar-refractivity contribution in [2.75, 3.05) is 13.6 Å². The lowest BCUT2D eigenvalue weighted by atomic mass is 9.91. The van der Waals surface area contributed by atoms with Gasteiger partial charge in [0.1, 0.15) is 6.04 Å². The lowest BCUT2D eigenvalue weighted by Crippen LogP contribution is -2.51. The van der Waals surface area contributed by atoms with Gasteiger partial charge in [0.25, 0.3) is 0 Å². The molecule has 0 bridgehead atoms. The highest BCUT2D eigenvalue weighted by atomic mass is 32.1. The first-order chi connectivity index (χ1) is 9.63. The summed E-state index contributed by atoms with van der Waals surface area (Å²) in [7, 11) is 1.42. The van der Waals surface area contributed by atoms with E-state index in [4.69, 9.17) is 10.8 Å². The molecule has 5 N–H and O–H groups in total. The Labute approximate surface area is 131 Å². The van der Waals surface area contributed by atoms with Gasteiger partial charge in [0, 0.05) is 24.8 Å². The largest absolute Gasteiger partial charge is 0.481 e. The number of carbonyl (C=O) groups is 3. The van der Waals surface area contributed by atoms with Crippen molar-refractivity contribution in [3.8, 4) is 0 Å². The number of aliphatic carboxylic acids is 1. The summed E-state index contributed by atoms with van der Waals surface area (Å²) in [4.78, 5) is 34.2. The van der Waals surface area contributed by atoms with Crippen molar-refractivity contribution in [3.05, 3.63) is 0 Å². The highest BCUT2D eigenvalue weighted by Gasteiger charge is 2.34. The minimum Gasteiger partial charge on any atom is -0.481 e. The van der Waals surface area contributed by atoms with Gasteiger partial charge in [0.2, 0.25) is 11.8 Å². The normalized spacial score (nSPS) is 13.3. The molecule has 0 aliphatic rings. The van der Waals surface area contributed by atoms with E-state index in [2.05, 4.69) is 23.3 Å². The number of amides is 2. The minimum absolute atomic E-state index is 0.0621. The van der Waals surface area contributed by atoms with Gasteiger partial charge in [-0.3, -0.25) is 14.4 Å². The number of carboxylic acids is 1. The third kappa shape index (κ3) is 8.56. The quantitative estimate of drug-likeness (QED) is 0.423. The van der Waals surface area contributed by atoms with Crippen LogP contribution in [-0.4, -0.2) is 47.3 Å². The van der Waals surface area contributed by atoms with Crippen molar-refractivity contribution in [2.45, 2.75) is 44.9 Å². The number of likely N-dealkylation sites (N-methyl/N-ethyl adjacent to an activating group) is 1. The van der Waals surface area contributed by atoms with Gasteiger partial charge < -0.3 is 21.5 Å². The van der Waals surface area contributed by atoms with Gasteiger partial charge in [-0.25, -0.2) is 0 Å². The van der Waals surface area contributed by atoms with E-state index in [9.17, 15) is 14.4 Å². The van der Waals surface area contributed by atoms with Crippen LogP contribution in [0.5, 0.6) is 0 Å². The summed E-state index contributed by atoms with van der Waals surface area (Å²) in [6, 6.07) is -0.866. The second-order valence-corrected chi connectivity index (χ2v) is 5.87. The van der Waals surface area contributed by atoms with E-state index in [1.54, 1.807) is 13.8 Å². The van der Waals surface area contributed by atoms with Gasteiger partial charge in [-0.15, -0.1) is 0 Å². The Morgan fingerprint density at radius 1 is 1.29 bits per heavy atom. The van der Waals surface area contributed by atoms with Crippen molar-refractivity contribution in [2.24, 2.45) is 11.7 Å². The predicted octanol–water partition coefficient (Wildman–Crippen LogP) is 0.00140. The van der Waals surface area contributed by atoms with Crippen LogP contribution < -0.4 is 16.4 Å². The maximum atomic E-state index is 11.8. The number of carbonyl (C=O) groups excluding carboxylic acids is 2. The van der Waals surface area contributed by atoms with Crippen LogP contribution in [0.2, 0.25) is 0 Å². The first kappa shape index (κ1) is 22.0. The number of thiol groups is 1. The molecule has 0 aliphatic carbocycles. The molecule has 124 valence electrons. The standard InChI is InChI=1S/C11H21N3O4S.C2H6/c1-11(2,19)6(10(17)18)4-8(15)14-7(5-12)9(16)13-3;1-2/h6-7,19H,4-5,12H2,1-3H3,(H,13,16)(H,14,15)(H,17,18);1-2H3. The summed E-state index contributed by atoms with van der Waals surface area (Å²) in [5, 5.41) is 13.8. The van der Waals surface area contributed by atoms with E-state index >= 15 is 0 Å². The van der Waals surface area contributed by atoms with Gasteiger partial charge in [-0.2, -0.15) is 12.6 Å². The number of hydrogen-bond donors (Lipinski definition) is 5. The van der Waals surface area contributed by atoms with Gasteiger partial charge in [0.15, 0.2) is 0 Å². The van der Waals surface area contributed by atoms with Crippen LogP contribution in [0.1, 0.15) is 34.1 Å². The van der Waals surface area contributed by atoms with Crippen LogP contribution in [0.4, 0.5) is 0 Å². The van der Waals surface area contributed by atoms with Crippen molar-refractivity contribution < 1.29 is 19.5 Å². The Morgan fingerprint density at radius 2 is 1.76 bits per heavy atom. The third-order valence-corrected chi connectivity index (χ3v) is 2.99. The average molecular weight is 321 g/mol. The van der Waals surface area contributed by atoms with Crippen LogP contribution in [-0.2, 0) is 14.4 Å². The summed E-state index contributed by atoms with van der Waals surface area (Å²) in [6.07, 6.45) is -0.265. The summed E-state index contributed by atoms with van der Waals surface area (Å²) >= 11 is 4.17. The Kier molecular flexibility index (Phi) is 10.9. The van der Waals surface area contributed by atoms with E-state index in [-0.39, 0.29) is 13.0 Å². The van der Waals surface area contributed by atoms with E-state index in [0.717, 1.165) is 0 Å². The first-order valence-corrected chi connectivity index (χ1v) is 7.24. The molecular weight excluding hydrogens is 294 g/mol. The summed E-state index contributed by atoms with van der Waals surface area (Å²) < 4.78 is -0.853. The molecule has 2 amide bonds. The zero-order valence-electron chi connectivity index (χ0n) is 13.3. The number of rotatable bonds is 7. The lowest BCUT2D eigenvalue weighted by Gasteiger charge is -2.26. The first-order valence-electron chi connectivity index (χ1n) is 6.79. The molecule has 0 aliphatic heterocycles. The van der Waals surface area contributed by atoms with Crippen LogP contribution in [0.25, 0.3) is 0 Å². The fourth-order valence-electron chi connectivity index (χ4n) is 1.48. The van der Waals surface area contributed by atoms with Crippen LogP contribution in [0.3, 0.4) is 0 Å². The molecule has 0 spiro atoms. The van der Waals surface area contributed by atoms with Crippen LogP contribution >= 0.6 is 12.6 Å². The fraction of sp³-hybridized carbons (Fsp3) is 0.769. The number of nitrogens with two attached hydrogens (primary N) is 1. The summed E-state index contributed by atoms with van der Waals surface area (Å²) in [6.45, 7) is 7.16. The van der Waals surface area contributed by atoms with Gasteiger partial charge in [-0.05, 0) is 0 Å². The van der Waals surface area contributed by atoms with Crippen molar-refractivity contribution in [3.63, 3.8) is 0 Å². The molecule has 0 radical (unpaired) electrons. The molecule has 0 aromatic heterocycles. The van der Waals surface area contributed by atoms with Gasteiger partial charge >= 0.3 is 5.97 Å². The molecule has 0 saturated heterocycles. The maximum absolute atomic E-state index is 11.8. The van der Waals surface area contributed by atoms with E-state index in [1.807, 2.05) is 13.8 Å². The van der Waals surface area contributed by atoms with Gasteiger partial charge in [0.05, 0.1) is 5.92 Å². The fourth-order valence-corrected chi connectivity index (χ4v) is 1.69. The molecule has 0 aromatic rings. The number of nitrogens with one attached hydrogen (secondary N) is 2. The van der Waals surface area contributed by atoms with Crippen molar-refractivity contribution in [1.82, 2.24) is 10.6 Å². The molecule has 0 fully saturated rings. The zero-order chi connectivity index (χ0) is 17.2. The highest BCUT2D eigenvalue weighted by Crippen LogP contribution is 2.27. The molecule has 0 saturated carbocycles. The molecule has 7 nitrogen and oxygen atoms in total. The van der Waals surface area contributed by atoms with Crippen LogP contribution in [0.15, 0.2) is 0 Å². The number of carboxylic acid groups (broad SMARTS) is 1. The summed E-state index contributed by atoms with van der Waals surface area (Å²) in [5.41, 5.74) is 5.37. The second kappa shape index (κ2) is 10.4. The van der Waals surface area contributed by atoms with Gasteiger partial charge in [-0.1, -0.05) is 27.7 Å². The van der Waals surface area contributed by atoms with E-state index in [0.29, 0.717) is 0 Å². The Morgan fingerprint density at radius 3 is 2.05 bits per heavy atom. The monoisotopic (exact) mass is 321 g/mol.